The third-order valence-corrected chi connectivity index (χ3v) is 14.5. The molecule has 4 aromatic heterocycles. The highest BCUT2D eigenvalue weighted by Crippen LogP contribution is 2.47. The molecule has 0 aliphatic heterocycles. The maximum Gasteiger partial charge on any atom is 0.0727 e. The number of para-hydroxylation sites is 2. The summed E-state index contributed by atoms with van der Waals surface area (Å²) in [6.45, 7) is 0. The van der Waals surface area contributed by atoms with Crippen molar-refractivity contribution in [3.63, 3.8) is 0 Å². The Kier molecular flexibility index (Phi) is 6.87. The van der Waals surface area contributed by atoms with Gasteiger partial charge in [-0.1, -0.05) is 115 Å². The van der Waals surface area contributed by atoms with Gasteiger partial charge in [-0.25, -0.2) is 0 Å². The van der Waals surface area contributed by atoms with Crippen molar-refractivity contribution in [3.05, 3.63) is 182 Å². The van der Waals surface area contributed by atoms with E-state index in [1.54, 1.807) is 0 Å². The molecule has 0 amide bonds. The molecular formula is C50H30N2S3. The number of thiophene rings is 3. The first-order chi connectivity index (χ1) is 27.3. The van der Waals surface area contributed by atoms with Crippen LogP contribution in [0, 0.1) is 0 Å². The highest BCUT2D eigenvalue weighted by molar-refractivity contribution is 7.27. The molecule has 0 bridgehead atoms. The van der Waals surface area contributed by atoms with Gasteiger partial charge in [-0.15, -0.1) is 34.0 Å². The second-order valence-electron chi connectivity index (χ2n) is 14.1. The highest BCUT2D eigenvalue weighted by atomic mass is 32.1. The average molecular weight is 755 g/mol. The lowest BCUT2D eigenvalue weighted by atomic mass is 10.0. The Bertz CT molecular complexity index is 3340. The molecule has 12 rings (SSSR count). The number of benzene rings is 8. The smallest absolute Gasteiger partial charge is 0.0727 e. The number of hydrogen-bond acceptors (Lipinski definition) is 4. The molecule has 0 saturated heterocycles. The van der Waals surface area contributed by atoms with Crippen molar-refractivity contribution in [2.75, 3.05) is 4.90 Å². The van der Waals surface area contributed by atoms with Crippen molar-refractivity contribution in [3.8, 4) is 16.8 Å². The van der Waals surface area contributed by atoms with Crippen molar-refractivity contribution in [1.82, 2.24) is 4.57 Å². The molecule has 0 radical (unpaired) electrons. The molecule has 0 fully saturated rings. The standard InChI is InChI=1S/C50H30N2S3/c1-2-13-32(14-3-1)52-43-21-7-4-18-41(43)50-48(52)42-20-11-19-36(49(42)55-50)31-12-10-15-33(28-31)51(34-24-26-39-37-16-5-8-22-44(37)53-46(39)29-34)35-25-27-40-38-17-6-9-23-45(38)54-47(40)30-35/h1-30H. The van der Waals surface area contributed by atoms with E-state index in [-0.39, 0.29) is 0 Å². The van der Waals surface area contributed by atoms with Gasteiger partial charge in [-0.3, -0.25) is 0 Å². The molecule has 12 aromatic rings. The van der Waals surface area contributed by atoms with E-state index in [2.05, 4.69) is 191 Å². The number of aromatic nitrogens is 1. The Labute approximate surface area is 329 Å². The largest absolute Gasteiger partial charge is 0.310 e. The van der Waals surface area contributed by atoms with E-state index in [4.69, 9.17) is 0 Å². The van der Waals surface area contributed by atoms with Crippen LogP contribution in [-0.4, -0.2) is 4.57 Å². The molecule has 0 atom stereocenters. The average Bonchev–Trinajstić information content (AvgIpc) is 3.99. The van der Waals surface area contributed by atoms with E-state index in [0.29, 0.717) is 0 Å². The first kappa shape index (κ1) is 31.1. The maximum absolute atomic E-state index is 2.44. The van der Waals surface area contributed by atoms with Gasteiger partial charge in [0.2, 0.25) is 0 Å². The first-order valence-electron chi connectivity index (χ1n) is 18.5. The van der Waals surface area contributed by atoms with Crippen LogP contribution in [0.3, 0.4) is 0 Å². The molecule has 258 valence electrons. The van der Waals surface area contributed by atoms with Crippen molar-refractivity contribution >= 4 is 123 Å². The topological polar surface area (TPSA) is 8.17 Å². The van der Waals surface area contributed by atoms with E-state index < -0.39 is 0 Å². The minimum Gasteiger partial charge on any atom is -0.310 e. The van der Waals surface area contributed by atoms with Crippen molar-refractivity contribution in [2.45, 2.75) is 0 Å². The first-order valence-corrected chi connectivity index (χ1v) is 21.0. The monoisotopic (exact) mass is 754 g/mol. The van der Waals surface area contributed by atoms with Gasteiger partial charge in [0.25, 0.3) is 0 Å². The second-order valence-corrected chi connectivity index (χ2v) is 17.3. The molecule has 0 saturated carbocycles. The van der Waals surface area contributed by atoms with E-state index in [0.717, 1.165) is 17.1 Å². The number of anilines is 3. The van der Waals surface area contributed by atoms with E-state index in [1.165, 1.54) is 88.4 Å². The van der Waals surface area contributed by atoms with Crippen LogP contribution in [0.25, 0.3) is 88.4 Å². The molecule has 0 unspecified atom stereocenters. The third-order valence-electron chi connectivity index (χ3n) is 11.0. The van der Waals surface area contributed by atoms with Crippen LogP contribution in [0.15, 0.2) is 182 Å². The van der Waals surface area contributed by atoms with Gasteiger partial charge in [-0.2, -0.15) is 0 Å². The molecule has 0 N–H and O–H groups in total. The zero-order valence-electron chi connectivity index (χ0n) is 29.4. The molecule has 0 aliphatic carbocycles. The lowest BCUT2D eigenvalue weighted by Crippen LogP contribution is -2.09. The Morgan fingerprint density at radius 1 is 0.364 bits per heavy atom. The van der Waals surface area contributed by atoms with Gasteiger partial charge in [0.1, 0.15) is 0 Å². The quantitative estimate of drug-likeness (QED) is 0.170. The number of rotatable bonds is 5. The zero-order valence-corrected chi connectivity index (χ0v) is 31.9. The molecule has 0 aliphatic rings. The Balaban J connectivity index is 1.06. The Hall–Kier alpha value is -6.24. The van der Waals surface area contributed by atoms with Gasteiger partial charge >= 0.3 is 0 Å². The molecule has 0 spiro atoms. The molecule has 4 heterocycles. The number of hydrogen-bond donors (Lipinski definition) is 0. The molecule has 8 aromatic carbocycles. The number of nitrogens with zero attached hydrogens (tertiary/aromatic N) is 2. The van der Waals surface area contributed by atoms with Gasteiger partial charge in [0.15, 0.2) is 0 Å². The zero-order chi connectivity index (χ0) is 36.0. The van der Waals surface area contributed by atoms with Gasteiger partial charge < -0.3 is 9.47 Å². The van der Waals surface area contributed by atoms with E-state index in [1.807, 2.05) is 34.0 Å². The van der Waals surface area contributed by atoms with Crippen molar-refractivity contribution < 1.29 is 0 Å². The van der Waals surface area contributed by atoms with Crippen LogP contribution < -0.4 is 4.90 Å². The van der Waals surface area contributed by atoms with E-state index >= 15 is 0 Å². The summed E-state index contributed by atoms with van der Waals surface area (Å²) < 4.78 is 10.3. The Morgan fingerprint density at radius 2 is 0.927 bits per heavy atom. The summed E-state index contributed by atoms with van der Waals surface area (Å²) in [5, 5.41) is 7.83. The summed E-state index contributed by atoms with van der Waals surface area (Å²) in [5.74, 6) is 0. The van der Waals surface area contributed by atoms with Crippen LogP contribution in [0.4, 0.5) is 17.1 Å². The van der Waals surface area contributed by atoms with Crippen LogP contribution in [-0.2, 0) is 0 Å². The van der Waals surface area contributed by atoms with Crippen LogP contribution in [0.5, 0.6) is 0 Å². The lowest BCUT2D eigenvalue weighted by Gasteiger charge is -2.26. The minimum atomic E-state index is 1.13. The highest BCUT2D eigenvalue weighted by Gasteiger charge is 2.21. The normalized spacial score (nSPS) is 12.0. The fourth-order valence-electron chi connectivity index (χ4n) is 8.53. The number of fused-ring (bicyclic) bond motifs is 11. The van der Waals surface area contributed by atoms with Crippen LogP contribution in [0.1, 0.15) is 0 Å². The van der Waals surface area contributed by atoms with Gasteiger partial charge in [-0.05, 0) is 77.9 Å². The summed E-state index contributed by atoms with van der Waals surface area (Å²) in [5.41, 5.74) is 9.60. The maximum atomic E-state index is 2.44. The van der Waals surface area contributed by atoms with Crippen LogP contribution in [0.2, 0.25) is 0 Å². The predicted molar refractivity (Wildman–Crippen MR) is 242 cm³/mol. The van der Waals surface area contributed by atoms with Crippen molar-refractivity contribution in [1.29, 1.82) is 0 Å². The Morgan fingerprint density at radius 3 is 1.64 bits per heavy atom. The third kappa shape index (κ3) is 4.77. The molecular weight excluding hydrogens is 725 g/mol. The second kappa shape index (κ2) is 12.1. The summed E-state index contributed by atoms with van der Waals surface area (Å²) in [4.78, 5) is 2.44. The van der Waals surface area contributed by atoms with Crippen molar-refractivity contribution in [2.24, 2.45) is 0 Å². The SMILES string of the molecule is c1ccc(-n2c3ccccc3c3sc4c(-c5cccc(N(c6ccc7c(c6)sc6ccccc67)c6ccc7c(c6)sc6ccccc67)c5)cccc4c32)cc1. The summed E-state index contributed by atoms with van der Waals surface area (Å²) in [6, 6.07) is 67.0. The summed E-state index contributed by atoms with van der Waals surface area (Å²) in [6.07, 6.45) is 0. The predicted octanol–water partition coefficient (Wildman–Crippen LogP) is 15.9. The minimum absolute atomic E-state index is 1.13. The molecule has 55 heavy (non-hydrogen) atoms. The van der Waals surface area contributed by atoms with Gasteiger partial charge in [0, 0.05) is 78.6 Å². The van der Waals surface area contributed by atoms with E-state index in [9.17, 15) is 0 Å². The fraction of sp³-hybridized carbons (Fsp3) is 0. The van der Waals surface area contributed by atoms with Gasteiger partial charge in [0.05, 0.1) is 15.7 Å². The summed E-state index contributed by atoms with van der Waals surface area (Å²) in [7, 11) is 0. The summed E-state index contributed by atoms with van der Waals surface area (Å²) >= 11 is 5.65. The fourth-order valence-corrected chi connectivity index (χ4v) is 12.2. The lowest BCUT2D eigenvalue weighted by molar-refractivity contribution is 1.19. The molecule has 2 nitrogen and oxygen atoms in total. The molecule has 5 heteroatoms. The van der Waals surface area contributed by atoms with Crippen LogP contribution >= 0.6 is 34.0 Å².